The molecule has 7 aromatic rings. The van der Waals surface area contributed by atoms with Gasteiger partial charge in [0.05, 0.1) is 0 Å². The van der Waals surface area contributed by atoms with E-state index in [2.05, 4.69) is 119 Å². The van der Waals surface area contributed by atoms with Crippen molar-refractivity contribution >= 4 is 43.8 Å². The fraction of sp³-hybridized carbons (Fsp3) is 0.0857. The maximum absolute atomic E-state index is 4.22. The zero-order valence-corrected chi connectivity index (χ0v) is 24.6. The molecule has 0 saturated heterocycles. The Morgan fingerprint density at radius 2 is 1.52 bits per heavy atom. The molecule has 1 aliphatic heterocycles. The van der Waals surface area contributed by atoms with E-state index in [1.165, 1.54) is 38.1 Å². The fourth-order valence-corrected chi connectivity index (χ4v) is 5.40. The number of aromatic nitrogens is 2. The number of hydrogen-bond acceptors (Lipinski definition) is 3. The van der Waals surface area contributed by atoms with Crippen molar-refractivity contribution < 1.29 is 20.1 Å². The van der Waals surface area contributed by atoms with Gasteiger partial charge in [-0.1, -0.05) is 54.0 Å². The molecule has 4 nitrogen and oxygen atoms in total. The zero-order chi connectivity index (χ0) is 26.3. The number of hydrogen-bond donors (Lipinski definition) is 0. The summed E-state index contributed by atoms with van der Waals surface area (Å²) >= 11 is 0. The van der Waals surface area contributed by atoms with Gasteiger partial charge in [0.25, 0.3) is 0 Å². The van der Waals surface area contributed by atoms with Crippen LogP contribution in [-0.2, 0) is 20.1 Å². The minimum absolute atomic E-state index is 0. The largest absolute Gasteiger partial charge is 3.00 e. The molecule has 0 spiro atoms. The Balaban J connectivity index is 0.000000188. The van der Waals surface area contributed by atoms with Gasteiger partial charge in [0.1, 0.15) is 0 Å². The quantitative estimate of drug-likeness (QED) is 0.174. The van der Waals surface area contributed by atoms with Crippen molar-refractivity contribution in [1.29, 1.82) is 0 Å². The Hall–Kier alpha value is -4.18. The molecule has 196 valence electrons. The standard InChI is InChI=1S/C24H19N3.C11H8N.Ir/c1-16(2)25-12-13-26(15-25)17-10-11-23-21(14-17)20-8-5-7-19-18-6-3-4-9-22(18)27(23)24(19)20;1-2-6-10(7-3-1)11-8-4-5-9-12-11;/h3-9,11-16H,1-2H3;1-6,8-9H;/q-2;-1;+3. The van der Waals surface area contributed by atoms with Crippen LogP contribution in [0.15, 0.2) is 116 Å². The first kappa shape index (κ1) is 26.1. The van der Waals surface area contributed by atoms with E-state index in [9.17, 15) is 0 Å². The van der Waals surface area contributed by atoms with Crippen molar-refractivity contribution in [3.8, 4) is 11.3 Å². The minimum Gasteiger partial charge on any atom is -0.506 e. The van der Waals surface area contributed by atoms with E-state index < -0.39 is 0 Å². The Kier molecular flexibility index (Phi) is 7.02. The van der Waals surface area contributed by atoms with Crippen molar-refractivity contribution in [1.82, 2.24) is 14.3 Å². The summed E-state index contributed by atoms with van der Waals surface area (Å²) in [6.45, 7) is 6.51. The Labute approximate surface area is 247 Å². The number of nitrogens with zero attached hydrogens (tertiary/aromatic N) is 4. The van der Waals surface area contributed by atoms with Crippen molar-refractivity contribution in [2.45, 2.75) is 19.9 Å². The molecule has 3 aromatic heterocycles. The van der Waals surface area contributed by atoms with Gasteiger partial charge in [-0.3, -0.25) is 0 Å². The minimum atomic E-state index is 0. The predicted octanol–water partition coefficient (Wildman–Crippen LogP) is 8.30. The Bertz CT molecular complexity index is 1890. The van der Waals surface area contributed by atoms with Crippen LogP contribution in [-0.4, -0.2) is 20.3 Å². The average molecular weight is 696 g/mol. The topological polar surface area (TPSA) is 23.8 Å². The van der Waals surface area contributed by atoms with E-state index in [4.69, 9.17) is 0 Å². The molecule has 0 N–H and O–H groups in total. The fourth-order valence-electron chi connectivity index (χ4n) is 5.40. The van der Waals surface area contributed by atoms with Gasteiger partial charge in [-0.2, -0.15) is 18.8 Å². The molecule has 0 saturated carbocycles. The third kappa shape index (κ3) is 4.42. The van der Waals surface area contributed by atoms with Crippen LogP contribution in [0.1, 0.15) is 13.8 Å². The van der Waals surface area contributed by atoms with E-state index in [1.807, 2.05) is 42.5 Å². The van der Waals surface area contributed by atoms with Gasteiger partial charge in [-0.05, 0) is 55.5 Å². The van der Waals surface area contributed by atoms with Crippen LogP contribution in [0.25, 0.3) is 49.4 Å². The number of fused-ring (bicyclic) bond motifs is 6. The molecule has 40 heavy (non-hydrogen) atoms. The number of para-hydroxylation sites is 2. The summed E-state index contributed by atoms with van der Waals surface area (Å²) in [6, 6.07) is 40.4. The molecular weight excluding hydrogens is 669 g/mol. The van der Waals surface area contributed by atoms with E-state index in [0.717, 1.165) is 16.9 Å². The van der Waals surface area contributed by atoms with E-state index >= 15 is 0 Å². The summed E-state index contributed by atoms with van der Waals surface area (Å²) in [4.78, 5) is 8.57. The summed E-state index contributed by atoms with van der Waals surface area (Å²) < 4.78 is 2.39. The average Bonchev–Trinajstić information content (AvgIpc) is 3.71. The molecule has 5 heteroatoms. The smallest absolute Gasteiger partial charge is 0.506 e. The molecule has 0 radical (unpaired) electrons. The SMILES string of the molecule is CC(C)N1C=CN(c2[c-]cc3c(c2)c2cccc4c5ccccc5n3c24)[CH-]1.[Ir+3].[c-]1ccccc1-c1ccccn1. The third-order valence-corrected chi connectivity index (χ3v) is 7.32. The van der Waals surface area contributed by atoms with Gasteiger partial charge in [0, 0.05) is 28.0 Å². The van der Waals surface area contributed by atoms with Gasteiger partial charge >= 0.3 is 20.1 Å². The number of benzene rings is 4. The molecule has 4 heterocycles. The van der Waals surface area contributed by atoms with Crippen molar-refractivity contribution in [3.63, 3.8) is 0 Å². The number of rotatable bonds is 3. The van der Waals surface area contributed by atoms with E-state index in [1.54, 1.807) is 6.20 Å². The molecule has 0 fully saturated rings. The molecule has 0 aliphatic carbocycles. The summed E-state index contributed by atoms with van der Waals surface area (Å²) in [7, 11) is 0. The van der Waals surface area contributed by atoms with Gasteiger partial charge in [0.15, 0.2) is 0 Å². The zero-order valence-electron chi connectivity index (χ0n) is 22.2. The summed E-state index contributed by atoms with van der Waals surface area (Å²) in [5.74, 6) is 0. The first-order valence-electron chi connectivity index (χ1n) is 13.2. The van der Waals surface area contributed by atoms with E-state index in [0.29, 0.717) is 6.04 Å². The predicted molar refractivity (Wildman–Crippen MR) is 161 cm³/mol. The first-order valence-corrected chi connectivity index (χ1v) is 13.2. The second-order valence-corrected chi connectivity index (χ2v) is 10.0. The summed E-state index contributed by atoms with van der Waals surface area (Å²) in [5.41, 5.74) is 6.87. The third-order valence-electron chi connectivity index (χ3n) is 7.32. The van der Waals surface area contributed by atoms with Crippen molar-refractivity contribution in [2.24, 2.45) is 0 Å². The van der Waals surface area contributed by atoms with E-state index in [-0.39, 0.29) is 20.1 Å². The molecule has 4 aromatic carbocycles. The van der Waals surface area contributed by atoms with Crippen LogP contribution in [0, 0.1) is 18.8 Å². The normalized spacial score (nSPS) is 13.0. The molecule has 0 amide bonds. The Morgan fingerprint density at radius 1 is 0.750 bits per heavy atom. The number of anilines is 1. The van der Waals surface area contributed by atoms with Gasteiger partial charge < -0.3 is 19.2 Å². The van der Waals surface area contributed by atoms with Crippen molar-refractivity contribution in [2.75, 3.05) is 4.90 Å². The molecular formula is C35H27IrN4. The van der Waals surface area contributed by atoms with Crippen molar-refractivity contribution in [3.05, 3.63) is 134 Å². The van der Waals surface area contributed by atoms with Crippen LogP contribution < -0.4 is 4.90 Å². The second kappa shape index (κ2) is 10.8. The molecule has 0 unspecified atom stereocenters. The van der Waals surface area contributed by atoms with Crippen LogP contribution in [0.4, 0.5) is 5.69 Å². The molecule has 8 rings (SSSR count). The Morgan fingerprint density at radius 3 is 2.27 bits per heavy atom. The summed E-state index contributed by atoms with van der Waals surface area (Å²) in [5, 5.41) is 5.21. The maximum Gasteiger partial charge on any atom is 3.00 e. The molecule has 0 atom stereocenters. The monoisotopic (exact) mass is 696 g/mol. The molecule has 0 bridgehead atoms. The maximum atomic E-state index is 4.22. The molecule has 1 aliphatic rings. The van der Waals surface area contributed by atoms with Crippen LogP contribution in [0.3, 0.4) is 0 Å². The summed E-state index contributed by atoms with van der Waals surface area (Å²) in [6.07, 6.45) is 6.00. The van der Waals surface area contributed by atoms with Crippen LogP contribution in [0.5, 0.6) is 0 Å². The van der Waals surface area contributed by atoms with Crippen LogP contribution >= 0.6 is 0 Å². The van der Waals surface area contributed by atoms with Gasteiger partial charge in [-0.25, -0.2) is 0 Å². The first-order chi connectivity index (χ1) is 19.2. The van der Waals surface area contributed by atoms with Crippen LogP contribution in [0.2, 0.25) is 0 Å². The van der Waals surface area contributed by atoms with Gasteiger partial charge in [-0.15, -0.1) is 53.0 Å². The second-order valence-electron chi connectivity index (χ2n) is 10.0. The number of pyridine rings is 1. The van der Waals surface area contributed by atoms with Gasteiger partial charge in [0.2, 0.25) is 0 Å².